The molecule has 46 heavy (non-hydrogen) atoms. The Kier molecular flexibility index (Phi) is 8.27. The SMILES string of the molecule is C[C@@H]1CC[C@]2(C(=O)OC3O[C@H](CO)[C@@H](O)[C@H](O)[C@H]3O)CC[C@]3(C)C(=CC[C@@H]4[C@@]5(C)C[C@@H](O)[C@H](O)C(C)(C)[C@@H]5CC[C@]43C)[C@@H]2[C@]1(C)O. The number of hydrogen-bond acceptors (Lipinski definition) is 10. The highest BCUT2D eigenvalue weighted by molar-refractivity contribution is 5.79. The van der Waals surface area contributed by atoms with E-state index in [0.717, 1.165) is 24.8 Å². The third-order valence-electron chi connectivity index (χ3n) is 15.5. The Hall–Kier alpha value is -1.11. The zero-order valence-corrected chi connectivity index (χ0v) is 28.6. The van der Waals surface area contributed by atoms with Crippen LogP contribution in [0, 0.1) is 50.7 Å². The number of aliphatic hydroxyl groups excluding tert-OH is 6. The van der Waals surface area contributed by atoms with Gasteiger partial charge in [0.05, 0.1) is 29.8 Å². The van der Waals surface area contributed by atoms with Crippen LogP contribution in [0.1, 0.15) is 99.8 Å². The molecule has 5 fully saturated rings. The number of fused-ring (bicyclic) bond motifs is 7. The van der Waals surface area contributed by atoms with Gasteiger partial charge in [-0.2, -0.15) is 0 Å². The average Bonchev–Trinajstić information content (AvgIpc) is 2.98. The van der Waals surface area contributed by atoms with Gasteiger partial charge >= 0.3 is 5.97 Å². The number of aliphatic hydroxyl groups is 7. The quantitative estimate of drug-likeness (QED) is 0.177. The summed E-state index contributed by atoms with van der Waals surface area (Å²) in [6, 6.07) is 0. The van der Waals surface area contributed by atoms with E-state index in [0.29, 0.717) is 32.1 Å². The predicted octanol–water partition coefficient (Wildman–Crippen LogP) is 2.43. The Balaban J connectivity index is 1.39. The van der Waals surface area contributed by atoms with Crippen LogP contribution in [0.2, 0.25) is 0 Å². The minimum Gasteiger partial charge on any atom is -0.432 e. The van der Waals surface area contributed by atoms with Gasteiger partial charge in [0.15, 0.2) is 0 Å². The smallest absolute Gasteiger partial charge is 0.315 e. The molecule has 0 aromatic carbocycles. The second kappa shape index (κ2) is 10.9. The second-order valence-corrected chi connectivity index (χ2v) is 17.7. The fourth-order valence-electron chi connectivity index (χ4n) is 12.4. The summed E-state index contributed by atoms with van der Waals surface area (Å²) in [6.07, 6.45) is -1.65. The van der Waals surface area contributed by atoms with E-state index in [1.54, 1.807) is 0 Å². The van der Waals surface area contributed by atoms with Crippen LogP contribution in [-0.4, -0.2) is 96.8 Å². The lowest BCUT2D eigenvalue weighted by atomic mass is 9.33. The molecule has 6 aliphatic rings. The molecule has 0 radical (unpaired) electrons. The molecule has 6 rings (SSSR count). The Morgan fingerprint density at radius 1 is 0.913 bits per heavy atom. The molecule has 16 atom stereocenters. The van der Waals surface area contributed by atoms with Gasteiger partial charge in [-0.05, 0) is 97.7 Å². The molecule has 1 saturated heterocycles. The summed E-state index contributed by atoms with van der Waals surface area (Å²) in [7, 11) is 0. The number of hydrogen-bond donors (Lipinski definition) is 7. The van der Waals surface area contributed by atoms with E-state index < -0.39 is 77.8 Å². The number of ether oxygens (including phenoxy) is 2. The fourth-order valence-corrected chi connectivity index (χ4v) is 12.4. The van der Waals surface area contributed by atoms with Crippen LogP contribution < -0.4 is 0 Å². The summed E-state index contributed by atoms with van der Waals surface area (Å²) < 4.78 is 11.5. The van der Waals surface area contributed by atoms with Crippen molar-refractivity contribution in [2.75, 3.05) is 6.61 Å². The normalized spacial score (nSPS) is 56.4. The highest BCUT2D eigenvalue weighted by Gasteiger charge is 2.72. The van der Waals surface area contributed by atoms with E-state index in [-0.39, 0.29) is 34.0 Å². The van der Waals surface area contributed by atoms with E-state index in [2.05, 4.69) is 40.7 Å². The van der Waals surface area contributed by atoms with E-state index in [9.17, 15) is 40.5 Å². The Bertz CT molecular complexity index is 1250. The minimum atomic E-state index is -1.70. The largest absolute Gasteiger partial charge is 0.432 e. The summed E-state index contributed by atoms with van der Waals surface area (Å²) in [4.78, 5) is 14.5. The van der Waals surface area contributed by atoms with Gasteiger partial charge in [0, 0.05) is 5.92 Å². The predicted molar refractivity (Wildman–Crippen MR) is 168 cm³/mol. The molecule has 1 heterocycles. The van der Waals surface area contributed by atoms with Crippen LogP contribution in [-0.2, 0) is 14.3 Å². The lowest BCUT2D eigenvalue weighted by Crippen LogP contribution is -2.69. The fraction of sp³-hybridized carbons (Fsp3) is 0.917. The number of allylic oxidation sites excluding steroid dienone is 1. The molecule has 10 heteroatoms. The summed E-state index contributed by atoms with van der Waals surface area (Å²) >= 11 is 0. The van der Waals surface area contributed by atoms with Crippen molar-refractivity contribution in [1.82, 2.24) is 0 Å². The van der Waals surface area contributed by atoms with Crippen molar-refractivity contribution in [2.45, 2.75) is 148 Å². The number of rotatable bonds is 3. The van der Waals surface area contributed by atoms with E-state index in [4.69, 9.17) is 9.47 Å². The first-order valence-electron chi connectivity index (χ1n) is 17.5. The van der Waals surface area contributed by atoms with Gasteiger partial charge in [-0.1, -0.05) is 53.2 Å². The highest BCUT2D eigenvalue weighted by atomic mass is 16.7. The molecular formula is C36H58O10. The molecule has 0 aromatic rings. The van der Waals surface area contributed by atoms with Gasteiger partial charge in [-0.15, -0.1) is 0 Å². The summed E-state index contributed by atoms with van der Waals surface area (Å²) in [5.41, 5.74) is -2.44. The monoisotopic (exact) mass is 650 g/mol. The number of carbonyl (C=O) groups is 1. The van der Waals surface area contributed by atoms with Crippen molar-refractivity contribution in [3.8, 4) is 0 Å². The summed E-state index contributed by atoms with van der Waals surface area (Å²) in [6.45, 7) is 14.4. The zero-order chi connectivity index (χ0) is 34.0. The van der Waals surface area contributed by atoms with Crippen LogP contribution in [0.4, 0.5) is 0 Å². The molecule has 0 bridgehead atoms. The highest BCUT2D eigenvalue weighted by Crippen LogP contribution is 2.76. The molecule has 0 amide bonds. The Morgan fingerprint density at radius 3 is 2.24 bits per heavy atom. The maximum Gasteiger partial charge on any atom is 0.315 e. The molecule has 1 unspecified atom stereocenters. The topological polar surface area (TPSA) is 177 Å². The van der Waals surface area contributed by atoms with E-state index >= 15 is 0 Å². The molecule has 7 N–H and O–H groups in total. The first-order valence-corrected chi connectivity index (χ1v) is 17.5. The van der Waals surface area contributed by atoms with Gasteiger partial charge in [0.2, 0.25) is 6.29 Å². The average molecular weight is 651 g/mol. The van der Waals surface area contributed by atoms with Gasteiger partial charge in [-0.3, -0.25) is 4.79 Å². The van der Waals surface area contributed by atoms with E-state index in [1.807, 2.05) is 13.8 Å². The van der Waals surface area contributed by atoms with Crippen LogP contribution in [0.3, 0.4) is 0 Å². The third kappa shape index (κ3) is 4.39. The molecule has 10 nitrogen and oxygen atoms in total. The maximum atomic E-state index is 14.5. The lowest BCUT2D eigenvalue weighted by molar-refractivity contribution is -0.299. The molecular weight excluding hydrogens is 592 g/mol. The molecule has 262 valence electrons. The Morgan fingerprint density at radius 2 is 1.59 bits per heavy atom. The van der Waals surface area contributed by atoms with Crippen LogP contribution in [0.25, 0.3) is 0 Å². The lowest BCUT2D eigenvalue weighted by Gasteiger charge is -2.72. The van der Waals surface area contributed by atoms with Gasteiger partial charge < -0.3 is 45.2 Å². The zero-order valence-electron chi connectivity index (χ0n) is 28.6. The van der Waals surface area contributed by atoms with Crippen molar-refractivity contribution in [3.05, 3.63) is 11.6 Å². The van der Waals surface area contributed by atoms with Gasteiger partial charge in [0.25, 0.3) is 0 Å². The molecule has 0 spiro atoms. The van der Waals surface area contributed by atoms with Crippen molar-refractivity contribution >= 4 is 5.97 Å². The van der Waals surface area contributed by atoms with Crippen molar-refractivity contribution in [2.24, 2.45) is 50.7 Å². The maximum absolute atomic E-state index is 14.5. The van der Waals surface area contributed by atoms with E-state index in [1.165, 1.54) is 0 Å². The van der Waals surface area contributed by atoms with Crippen molar-refractivity contribution in [3.63, 3.8) is 0 Å². The summed E-state index contributed by atoms with van der Waals surface area (Å²) in [5.74, 6) is -0.787. The first-order chi connectivity index (χ1) is 21.2. The summed E-state index contributed by atoms with van der Waals surface area (Å²) in [5, 5.41) is 75.6. The van der Waals surface area contributed by atoms with Crippen molar-refractivity contribution < 1.29 is 50.0 Å². The van der Waals surface area contributed by atoms with Crippen LogP contribution in [0.15, 0.2) is 11.6 Å². The molecule has 1 aliphatic heterocycles. The van der Waals surface area contributed by atoms with Crippen LogP contribution in [0.5, 0.6) is 0 Å². The third-order valence-corrected chi connectivity index (χ3v) is 15.5. The minimum absolute atomic E-state index is 0.0940. The number of esters is 1. The molecule has 0 aromatic heterocycles. The molecule has 5 aliphatic carbocycles. The van der Waals surface area contributed by atoms with Gasteiger partial charge in [0.1, 0.15) is 24.4 Å². The first kappa shape index (κ1) is 34.7. The number of carbonyl (C=O) groups excluding carboxylic acids is 1. The van der Waals surface area contributed by atoms with Crippen LogP contribution >= 0.6 is 0 Å². The van der Waals surface area contributed by atoms with Gasteiger partial charge in [-0.25, -0.2) is 0 Å². The molecule has 4 saturated carbocycles. The second-order valence-electron chi connectivity index (χ2n) is 17.7. The van der Waals surface area contributed by atoms with Crippen molar-refractivity contribution in [1.29, 1.82) is 0 Å². The Labute approximate surface area is 273 Å². The standard InChI is InChI=1S/C36H58O10/c1-18-10-13-36(30(43)46-29-26(41)25(40)24(39)21(17-37)45-29)15-14-33(5)19(27(36)35(18,7)44)8-9-23-32(4)16-20(38)28(42)31(2,3)22(32)11-12-34(23,33)6/h8,18,20-29,37-42,44H,9-17H2,1-7H3/t18-,20-,21-,22+,23-,24-,25+,26-,27-,28+,29?,32+,33-,34-,35-,36+/m1/s1.